The van der Waals surface area contributed by atoms with Gasteiger partial charge in [0, 0.05) is 11.1 Å². The van der Waals surface area contributed by atoms with Crippen LogP contribution in [0.1, 0.15) is 26.3 Å². The van der Waals surface area contributed by atoms with Gasteiger partial charge in [0.05, 0.1) is 5.56 Å². The summed E-state index contributed by atoms with van der Waals surface area (Å²) in [5, 5.41) is 8.79. The summed E-state index contributed by atoms with van der Waals surface area (Å²) in [4.78, 5) is 22.0. The highest BCUT2D eigenvalue weighted by atomic mass is 16.5. The second-order valence-corrected chi connectivity index (χ2v) is 4.14. The Morgan fingerprint density at radius 2 is 1.70 bits per heavy atom. The maximum Gasteiger partial charge on any atom is 0.335 e. The summed E-state index contributed by atoms with van der Waals surface area (Å²) in [6.45, 7) is 0.186. The Labute approximate surface area is 115 Å². The molecule has 5 nitrogen and oxygen atoms in total. The van der Waals surface area contributed by atoms with Crippen LogP contribution < -0.4 is 10.5 Å². The lowest BCUT2D eigenvalue weighted by Gasteiger charge is -2.09. The van der Waals surface area contributed by atoms with Crippen molar-refractivity contribution in [2.45, 2.75) is 6.61 Å². The molecule has 3 N–H and O–H groups in total. The number of carbonyl (C=O) groups is 2. The molecule has 1 amide bonds. The van der Waals surface area contributed by atoms with Gasteiger partial charge in [0.15, 0.2) is 0 Å². The van der Waals surface area contributed by atoms with Crippen LogP contribution in [0.5, 0.6) is 5.75 Å². The van der Waals surface area contributed by atoms with Crippen molar-refractivity contribution in [3.05, 3.63) is 65.2 Å². The summed E-state index contributed by atoms with van der Waals surface area (Å²) >= 11 is 0. The number of benzene rings is 2. The first kappa shape index (κ1) is 13.6. The molecule has 0 radical (unpaired) electrons. The highest BCUT2D eigenvalue weighted by Gasteiger charge is 2.08. The van der Waals surface area contributed by atoms with Crippen LogP contribution in [0.25, 0.3) is 0 Å². The number of rotatable bonds is 5. The van der Waals surface area contributed by atoms with E-state index >= 15 is 0 Å². The predicted octanol–water partition coefficient (Wildman–Crippen LogP) is 2.06. The van der Waals surface area contributed by atoms with E-state index in [1.165, 1.54) is 12.1 Å². The van der Waals surface area contributed by atoms with Gasteiger partial charge in [-0.3, -0.25) is 4.79 Å². The zero-order valence-electron chi connectivity index (χ0n) is 10.6. The van der Waals surface area contributed by atoms with Gasteiger partial charge in [-0.15, -0.1) is 0 Å². The lowest BCUT2D eigenvalue weighted by molar-refractivity contribution is 0.0696. The quantitative estimate of drug-likeness (QED) is 0.871. The zero-order chi connectivity index (χ0) is 14.5. The van der Waals surface area contributed by atoms with Crippen molar-refractivity contribution >= 4 is 11.9 Å². The summed E-state index contributed by atoms with van der Waals surface area (Å²) in [7, 11) is 0. The minimum Gasteiger partial charge on any atom is -0.489 e. The lowest BCUT2D eigenvalue weighted by Crippen LogP contribution is -2.14. The Hall–Kier alpha value is -2.82. The SMILES string of the molecule is NC(=O)c1ccccc1COc1ccc(C(=O)O)cc1. The molecule has 0 aliphatic heterocycles. The molecule has 0 saturated carbocycles. The van der Waals surface area contributed by atoms with Gasteiger partial charge < -0.3 is 15.6 Å². The fraction of sp³-hybridized carbons (Fsp3) is 0.0667. The van der Waals surface area contributed by atoms with Crippen LogP contribution in [0.3, 0.4) is 0 Å². The number of carbonyl (C=O) groups excluding carboxylic acids is 1. The molecule has 0 heterocycles. The molecule has 102 valence electrons. The molecule has 0 aliphatic rings. The number of carboxylic acids is 1. The summed E-state index contributed by atoms with van der Waals surface area (Å²) in [6, 6.07) is 13.0. The van der Waals surface area contributed by atoms with E-state index in [0.29, 0.717) is 16.9 Å². The van der Waals surface area contributed by atoms with E-state index in [9.17, 15) is 9.59 Å². The van der Waals surface area contributed by atoms with E-state index in [-0.39, 0.29) is 12.2 Å². The third kappa shape index (κ3) is 3.14. The Bertz CT molecular complexity index is 635. The summed E-state index contributed by atoms with van der Waals surface area (Å²) < 4.78 is 5.52. The molecule has 0 aliphatic carbocycles. The number of carboxylic acid groups (broad SMARTS) is 1. The van der Waals surface area contributed by atoms with Gasteiger partial charge in [-0.2, -0.15) is 0 Å². The van der Waals surface area contributed by atoms with Crippen LogP contribution in [-0.2, 0) is 6.61 Å². The summed E-state index contributed by atoms with van der Waals surface area (Å²) in [5.41, 5.74) is 6.56. The maximum atomic E-state index is 11.3. The smallest absolute Gasteiger partial charge is 0.335 e. The van der Waals surface area contributed by atoms with Gasteiger partial charge in [0.1, 0.15) is 12.4 Å². The molecule has 0 bridgehead atoms. The summed E-state index contributed by atoms with van der Waals surface area (Å²) in [6.07, 6.45) is 0. The van der Waals surface area contributed by atoms with E-state index < -0.39 is 11.9 Å². The van der Waals surface area contributed by atoms with Gasteiger partial charge in [-0.05, 0) is 30.3 Å². The second kappa shape index (κ2) is 5.88. The molecule has 20 heavy (non-hydrogen) atoms. The first-order valence-corrected chi connectivity index (χ1v) is 5.92. The Morgan fingerprint density at radius 1 is 1.05 bits per heavy atom. The van der Waals surface area contributed by atoms with Gasteiger partial charge >= 0.3 is 5.97 Å². The van der Waals surface area contributed by atoms with E-state index in [1.807, 2.05) is 0 Å². The monoisotopic (exact) mass is 271 g/mol. The third-order valence-corrected chi connectivity index (χ3v) is 2.78. The van der Waals surface area contributed by atoms with Gasteiger partial charge in [-0.25, -0.2) is 4.79 Å². The Balaban J connectivity index is 2.09. The van der Waals surface area contributed by atoms with Crippen LogP contribution in [0.4, 0.5) is 0 Å². The number of hydrogen-bond donors (Lipinski definition) is 2. The van der Waals surface area contributed by atoms with Crippen molar-refractivity contribution in [3.8, 4) is 5.75 Å². The van der Waals surface area contributed by atoms with E-state index in [0.717, 1.165) is 0 Å². The van der Waals surface area contributed by atoms with E-state index in [4.69, 9.17) is 15.6 Å². The van der Waals surface area contributed by atoms with Crippen molar-refractivity contribution in [2.24, 2.45) is 5.73 Å². The standard InChI is InChI=1S/C15H13NO4/c16-14(17)13-4-2-1-3-11(13)9-20-12-7-5-10(6-8-12)15(18)19/h1-8H,9H2,(H2,16,17)(H,18,19). The maximum absolute atomic E-state index is 11.3. The second-order valence-electron chi connectivity index (χ2n) is 4.14. The number of nitrogens with two attached hydrogens (primary N) is 1. The number of aromatic carboxylic acids is 1. The average molecular weight is 271 g/mol. The molecule has 0 fully saturated rings. The summed E-state index contributed by atoms with van der Waals surface area (Å²) in [5.74, 6) is -0.977. The van der Waals surface area contributed by atoms with Crippen LogP contribution in [0.15, 0.2) is 48.5 Å². The molecule has 5 heteroatoms. The highest BCUT2D eigenvalue weighted by Crippen LogP contribution is 2.16. The molecule has 2 aromatic carbocycles. The number of primary amides is 1. The molecule has 0 atom stereocenters. The Morgan fingerprint density at radius 3 is 2.30 bits per heavy atom. The molecule has 0 spiro atoms. The molecule has 0 saturated heterocycles. The zero-order valence-corrected chi connectivity index (χ0v) is 10.6. The van der Waals surface area contributed by atoms with E-state index in [2.05, 4.69) is 0 Å². The van der Waals surface area contributed by atoms with Crippen molar-refractivity contribution < 1.29 is 19.4 Å². The van der Waals surface area contributed by atoms with Gasteiger partial charge in [0.25, 0.3) is 0 Å². The van der Waals surface area contributed by atoms with Gasteiger partial charge in [0.2, 0.25) is 5.91 Å². The molecular weight excluding hydrogens is 258 g/mol. The highest BCUT2D eigenvalue weighted by molar-refractivity contribution is 5.94. The predicted molar refractivity (Wildman–Crippen MR) is 72.7 cm³/mol. The van der Waals surface area contributed by atoms with Crippen LogP contribution >= 0.6 is 0 Å². The van der Waals surface area contributed by atoms with Crippen LogP contribution in [0.2, 0.25) is 0 Å². The third-order valence-electron chi connectivity index (χ3n) is 2.78. The topological polar surface area (TPSA) is 89.6 Å². The van der Waals surface area contributed by atoms with Gasteiger partial charge in [-0.1, -0.05) is 18.2 Å². The van der Waals surface area contributed by atoms with Crippen molar-refractivity contribution in [2.75, 3.05) is 0 Å². The molecule has 0 unspecified atom stereocenters. The van der Waals surface area contributed by atoms with Crippen molar-refractivity contribution in [1.29, 1.82) is 0 Å². The number of amides is 1. The first-order valence-electron chi connectivity index (χ1n) is 5.92. The largest absolute Gasteiger partial charge is 0.489 e. The van der Waals surface area contributed by atoms with Crippen LogP contribution in [-0.4, -0.2) is 17.0 Å². The average Bonchev–Trinajstić information content (AvgIpc) is 2.45. The number of hydrogen-bond acceptors (Lipinski definition) is 3. The fourth-order valence-corrected chi connectivity index (χ4v) is 1.74. The normalized spacial score (nSPS) is 10.0. The van der Waals surface area contributed by atoms with E-state index in [1.54, 1.807) is 36.4 Å². The minimum atomic E-state index is -0.990. The van der Waals surface area contributed by atoms with Crippen molar-refractivity contribution in [3.63, 3.8) is 0 Å². The number of ether oxygens (including phenoxy) is 1. The first-order chi connectivity index (χ1) is 9.58. The molecule has 0 aromatic heterocycles. The van der Waals surface area contributed by atoms with Crippen molar-refractivity contribution in [1.82, 2.24) is 0 Å². The van der Waals surface area contributed by atoms with Crippen LogP contribution in [0, 0.1) is 0 Å². The fourth-order valence-electron chi connectivity index (χ4n) is 1.74. The molecule has 2 aromatic rings. The lowest BCUT2D eigenvalue weighted by atomic mass is 10.1. The molecule has 2 rings (SSSR count). The minimum absolute atomic E-state index is 0.186. The Kier molecular flexibility index (Phi) is 4.00. The molecular formula is C15H13NO4.